The Morgan fingerprint density at radius 3 is 1.72 bits per heavy atom. The summed E-state index contributed by atoms with van der Waals surface area (Å²) in [5, 5.41) is 5.01. The molecule has 3 nitrogen and oxygen atoms in total. The van der Waals surface area contributed by atoms with E-state index in [2.05, 4.69) is 156 Å². The lowest BCUT2D eigenvalue weighted by atomic mass is 9.99. The average Bonchev–Trinajstić information content (AvgIpc) is 3.74. The molecule has 4 heteroatoms. The van der Waals surface area contributed by atoms with E-state index in [-0.39, 0.29) is 0 Å². The predicted octanol–water partition coefficient (Wildman–Crippen LogP) is 12.6. The molecule has 0 bridgehead atoms. The Balaban J connectivity index is 1.17. The summed E-state index contributed by atoms with van der Waals surface area (Å²) in [5.41, 5.74) is 11.1. The van der Waals surface area contributed by atoms with Crippen LogP contribution < -0.4 is 0 Å². The van der Waals surface area contributed by atoms with Gasteiger partial charge in [-0.15, -0.1) is 11.3 Å². The van der Waals surface area contributed by atoms with E-state index in [1.54, 1.807) is 0 Å². The highest BCUT2D eigenvalue weighted by molar-refractivity contribution is 7.26. The molecule has 0 aliphatic heterocycles. The summed E-state index contributed by atoms with van der Waals surface area (Å²) in [6.07, 6.45) is 0. The lowest BCUT2D eigenvalue weighted by Gasteiger charge is -2.10. The van der Waals surface area contributed by atoms with E-state index in [9.17, 15) is 0 Å². The molecule has 0 radical (unpaired) electrons. The summed E-state index contributed by atoms with van der Waals surface area (Å²) in [7, 11) is 0. The molecule has 0 fully saturated rings. The maximum Gasteiger partial charge on any atom is 0.160 e. The van der Waals surface area contributed by atoms with Crippen LogP contribution in [0, 0.1) is 0 Å². The Kier molecular flexibility index (Phi) is 6.68. The quantitative estimate of drug-likeness (QED) is 0.185. The molecule has 0 aliphatic rings. The number of rotatable bonds is 5. The molecule has 0 saturated heterocycles. The van der Waals surface area contributed by atoms with E-state index >= 15 is 0 Å². The maximum absolute atomic E-state index is 5.18. The van der Waals surface area contributed by atoms with Crippen molar-refractivity contribution in [2.75, 3.05) is 0 Å². The van der Waals surface area contributed by atoms with Gasteiger partial charge in [-0.1, -0.05) is 140 Å². The second kappa shape index (κ2) is 11.7. The van der Waals surface area contributed by atoms with Crippen molar-refractivity contribution in [3.8, 4) is 50.7 Å². The van der Waals surface area contributed by atoms with Crippen LogP contribution in [-0.2, 0) is 0 Å². The van der Waals surface area contributed by atoms with Crippen molar-refractivity contribution in [2.24, 2.45) is 0 Å². The smallest absolute Gasteiger partial charge is 0.160 e. The van der Waals surface area contributed by atoms with Crippen molar-refractivity contribution >= 4 is 53.3 Å². The third-order valence-corrected chi connectivity index (χ3v) is 10.9. The topological polar surface area (TPSA) is 30.7 Å². The molecule has 0 spiro atoms. The summed E-state index contributed by atoms with van der Waals surface area (Å²) in [6.45, 7) is 0. The van der Waals surface area contributed by atoms with E-state index in [4.69, 9.17) is 9.97 Å². The average molecular weight is 656 g/mol. The van der Waals surface area contributed by atoms with Crippen LogP contribution in [-0.4, -0.2) is 14.5 Å². The third-order valence-electron chi connectivity index (χ3n) is 9.63. The second-order valence-electron chi connectivity index (χ2n) is 12.6. The number of benzene rings is 7. The van der Waals surface area contributed by atoms with Crippen LogP contribution in [0.2, 0.25) is 0 Å². The number of thiophene rings is 1. The van der Waals surface area contributed by atoms with Crippen LogP contribution in [0.4, 0.5) is 0 Å². The number of nitrogens with zero attached hydrogens (tertiary/aromatic N) is 3. The first-order valence-electron chi connectivity index (χ1n) is 16.8. The summed E-state index contributed by atoms with van der Waals surface area (Å²) >= 11 is 1.85. The van der Waals surface area contributed by atoms with Crippen molar-refractivity contribution in [2.45, 2.75) is 0 Å². The van der Waals surface area contributed by atoms with E-state index in [0.717, 1.165) is 33.9 Å². The van der Waals surface area contributed by atoms with Gasteiger partial charge in [0.25, 0.3) is 0 Å². The number of fused-ring (bicyclic) bond motifs is 6. The molecule has 0 unspecified atom stereocenters. The minimum absolute atomic E-state index is 0.726. The first-order chi connectivity index (χ1) is 24.8. The molecule has 10 aromatic rings. The van der Waals surface area contributed by atoms with Crippen molar-refractivity contribution < 1.29 is 0 Å². The van der Waals surface area contributed by atoms with Gasteiger partial charge in [0.1, 0.15) is 0 Å². The fourth-order valence-corrected chi connectivity index (χ4v) is 8.66. The van der Waals surface area contributed by atoms with Gasteiger partial charge < -0.3 is 4.57 Å². The number of aromatic nitrogens is 3. The standard InChI is InChI=1S/C46H29N3S/c1-4-14-30(15-5-1)40-29-41(48-46(47-40)31-16-6-2-7-17-31)38-24-13-23-37-36-22-12-21-34(44(36)50-45(37)38)32-26-27-43-39(28-32)35-20-10-11-25-42(35)49(43)33-18-8-3-9-19-33/h1-29H. The molecule has 3 heterocycles. The Labute approximate surface area is 293 Å². The molecule has 7 aromatic carbocycles. The molecule has 0 saturated carbocycles. The molecular formula is C46H29N3S. The van der Waals surface area contributed by atoms with Crippen molar-refractivity contribution in [3.05, 3.63) is 176 Å². The van der Waals surface area contributed by atoms with Gasteiger partial charge in [0.15, 0.2) is 5.82 Å². The van der Waals surface area contributed by atoms with E-state index in [1.165, 1.54) is 58.8 Å². The van der Waals surface area contributed by atoms with Gasteiger partial charge in [-0.05, 0) is 47.5 Å². The zero-order chi connectivity index (χ0) is 33.0. The van der Waals surface area contributed by atoms with Crippen LogP contribution in [0.5, 0.6) is 0 Å². The molecular weight excluding hydrogens is 627 g/mol. The van der Waals surface area contributed by atoms with Crippen LogP contribution in [0.3, 0.4) is 0 Å². The first kappa shape index (κ1) is 28.6. The van der Waals surface area contributed by atoms with Crippen LogP contribution in [0.15, 0.2) is 176 Å². The largest absolute Gasteiger partial charge is 0.309 e. The van der Waals surface area contributed by atoms with E-state index in [0.29, 0.717) is 0 Å². The summed E-state index contributed by atoms with van der Waals surface area (Å²) in [6, 6.07) is 62.4. The monoisotopic (exact) mass is 655 g/mol. The minimum atomic E-state index is 0.726. The maximum atomic E-state index is 5.18. The number of hydrogen-bond acceptors (Lipinski definition) is 3. The van der Waals surface area contributed by atoms with Gasteiger partial charge in [0.05, 0.1) is 22.4 Å². The normalized spacial score (nSPS) is 11.6. The van der Waals surface area contributed by atoms with E-state index in [1.807, 2.05) is 35.6 Å². The minimum Gasteiger partial charge on any atom is -0.309 e. The Morgan fingerprint density at radius 2 is 0.960 bits per heavy atom. The lowest BCUT2D eigenvalue weighted by molar-refractivity contribution is 1.18. The van der Waals surface area contributed by atoms with Crippen LogP contribution in [0.25, 0.3) is 92.7 Å². The van der Waals surface area contributed by atoms with Gasteiger partial charge in [-0.25, -0.2) is 9.97 Å². The third kappa shape index (κ3) is 4.65. The van der Waals surface area contributed by atoms with E-state index < -0.39 is 0 Å². The fourth-order valence-electron chi connectivity index (χ4n) is 7.30. The molecule has 0 aliphatic carbocycles. The summed E-state index contributed by atoms with van der Waals surface area (Å²) in [4.78, 5) is 10.2. The van der Waals surface area contributed by atoms with Gasteiger partial charge in [0, 0.05) is 53.3 Å². The highest BCUT2D eigenvalue weighted by Crippen LogP contribution is 2.45. The highest BCUT2D eigenvalue weighted by Gasteiger charge is 2.18. The van der Waals surface area contributed by atoms with Gasteiger partial charge in [-0.3, -0.25) is 0 Å². The van der Waals surface area contributed by atoms with Crippen molar-refractivity contribution in [1.82, 2.24) is 14.5 Å². The Morgan fingerprint density at radius 1 is 0.380 bits per heavy atom. The Bertz CT molecular complexity index is 2800. The zero-order valence-electron chi connectivity index (χ0n) is 27.0. The predicted molar refractivity (Wildman–Crippen MR) is 211 cm³/mol. The second-order valence-corrected chi connectivity index (χ2v) is 13.6. The van der Waals surface area contributed by atoms with Crippen molar-refractivity contribution in [3.63, 3.8) is 0 Å². The van der Waals surface area contributed by atoms with Crippen LogP contribution >= 0.6 is 11.3 Å². The van der Waals surface area contributed by atoms with Crippen molar-refractivity contribution in [1.29, 1.82) is 0 Å². The molecule has 0 amide bonds. The van der Waals surface area contributed by atoms with Crippen LogP contribution in [0.1, 0.15) is 0 Å². The summed E-state index contributed by atoms with van der Waals surface area (Å²) in [5.74, 6) is 0.726. The first-order valence-corrected chi connectivity index (χ1v) is 17.7. The SMILES string of the molecule is c1ccc(-c2cc(-c3cccc4c3sc3c(-c5ccc6c(c5)c5ccccc5n6-c5ccccc5)cccc34)nc(-c3ccccc3)n2)cc1. The van der Waals surface area contributed by atoms with Gasteiger partial charge in [0.2, 0.25) is 0 Å². The fraction of sp³-hybridized carbons (Fsp3) is 0. The molecule has 0 N–H and O–H groups in total. The summed E-state index contributed by atoms with van der Waals surface area (Å²) < 4.78 is 4.88. The number of para-hydroxylation sites is 2. The highest BCUT2D eigenvalue weighted by atomic mass is 32.1. The van der Waals surface area contributed by atoms with Gasteiger partial charge in [-0.2, -0.15) is 0 Å². The molecule has 234 valence electrons. The molecule has 50 heavy (non-hydrogen) atoms. The molecule has 3 aromatic heterocycles. The number of hydrogen-bond donors (Lipinski definition) is 0. The molecule has 10 rings (SSSR count). The Hall–Kier alpha value is -6.36. The molecule has 0 atom stereocenters. The van der Waals surface area contributed by atoms with Gasteiger partial charge >= 0.3 is 0 Å². The lowest BCUT2D eigenvalue weighted by Crippen LogP contribution is -1.95. The zero-order valence-corrected chi connectivity index (χ0v) is 27.8.